The summed E-state index contributed by atoms with van der Waals surface area (Å²) in [4.78, 5) is 14.9. The van der Waals surface area contributed by atoms with Crippen molar-refractivity contribution in [1.82, 2.24) is 4.57 Å². The summed E-state index contributed by atoms with van der Waals surface area (Å²) >= 11 is 0. The second-order valence-electron chi connectivity index (χ2n) is 7.46. The molecule has 0 atom stereocenters. The number of nitriles is 1. The number of rotatable bonds is 5. The minimum atomic E-state index is -0.416. The summed E-state index contributed by atoms with van der Waals surface area (Å²) in [6, 6.07) is 2.26. The molecule has 0 spiro atoms. The molecule has 1 aromatic rings. The number of carbonyl (C=O) groups is 1. The lowest BCUT2D eigenvalue weighted by Crippen LogP contribution is -2.33. The molecule has 1 saturated carbocycles. The van der Waals surface area contributed by atoms with Gasteiger partial charge in [-0.15, -0.1) is 0 Å². The fourth-order valence-electron chi connectivity index (χ4n) is 4.40. The molecule has 1 aliphatic heterocycles. The summed E-state index contributed by atoms with van der Waals surface area (Å²) in [5.74, 6) is 0.942. The first-order valence-corrected chi connectivity index (χ1v) is 10.0. The lowest BCUT2D eigenvalue weighted by molar-refractivity contribution is 0.0513. The van der Waals surface area contributed by atoms with Crippen LogP contribution in [0.4, 0.5) is 11.5 Å². The van der Waals surface area contributed by atoms with E-state index in [1.165, 1.54) is 38.5 Å². The summed E-state index contributed by atoms with van der Waals surface area (Å²) in [6.07, 6.45) is 9.52. The Morgan fingerprint density at radius 1 is 1.19 bits per heavy atom. The molecule has 0 amide bonds. The van der Waals surface area contributed by atoms with Crippen LogP contribution in [0, 0.1) is 17.2 Å². The van der Waals surface area contributed by atoms with Crippen LogP contribution in [0.25, 0.3) is 0 Å². The van der Waals surface area contributed by atoms with E-state index in [1.54, 1.807) is 6.92 Å². The summed E-state index contributed by atoms with van der Waals surface area (Å²) in [6.45, 7) is 4.65. The van der Waals surface area contributed by atoms with Gasteiger partial charge in [-0.05, 0) is 44.9 Å². The van der Waals surface area contributed by atoms with Crippen LogP contribution in [0.1, 0.15) is 74.3 Å². The predicted octanol–water partition coefficient (Wildman–Crippen LogP) is 3.69. The minimum Gasteiger partial charge on any atom is -0.461 e. The van der Waals surface area contributed by atoms with E-state index in [9.17, 15) is 10.1 Å². The molecule has 0 unspecified atom stereocenters. The standard InChI is InChI=1S/C20H30N4O2/c1-2-26-20(25)18-17(22)16(13-21)19(23-11-7-4-8-12-23)24(18)14-15-9-5-3-6-10-15/h15H,2-12,14,22H2,1H3. The average Bonchev–Trinajstić information content (AvgIpc) is 2.94. The summed E-state index contributed by atoms with van der Waals surface area (Å²) in [5, 5.41) is 9.76. The van der Waals surface area contributed by atoms with Crippen LogP contribution in [0.15, 0.2) is 0 Å². The Labute approximate surface area is 155 Å². The Morgan fingerprint density at radius 3 is 2.46 bits per heavy atom. The van der Waals surface area contributed by atoms with Crippen molar-refractivity contribution in [2.24, 2.45) is 5.92 Å². The van der Waals surface area contributed by atoms with Crippen molar-refractivity contribution in [3.63, 3.8) is 0 Å². The summed E-state index contributed by atoms with van der Waals surface area (Å²) in [5.41, 5.74) is 7.37. The van der Waals surface area contributed by atoms with Crippen LogP contribution in [0.5, 0.6) is 0 Å². The Balaban J connectivity index is 2.05. The smallest absolute Gasteiger partial charge is 0.357 e. The Hall–Kier alpha value is -2.16. The van der Waals surface area contributed by atoms with E-state index in [-0.39, 0.29) is 5.69 Å². The molecule has 0 bridgehead atoms. The van der Waals surface area contributed by atoms with Gasteiger partial charge in [0.15, 0.2) is 5.69 Å². The van der Waals surface area contributed by atoms with Gasteiger partial charge in [0.25, 0.3) is 0 Å². The van der Waals surface area contributed by atoms with E-state index < -0.39 is 5.97 Å². The van der Waals surface area contributed by atoms with Crippen molar-refractivity contribution < 1.29 is 9.53 Å². The Morgan fingerprint density at radius 2 is 1.85 bits per heavy atom. The molecule has 3 rings (SSSR count). The molecule has 0 radical (unpaired) electrons. The lowest BCUT2D eigenvalue weighted by Gasteiger charge is -2.32. The van der Waals surface area contributed by atoms with Gasteiger partial charge in [-0.1, -0.05) is 19.3 Å². The van der Waals surface area contributed by atoms with Gasteiger partial charge in [0.2, 0.25) is 0 Å². The van der Waals surface area contributed by atoms with Crippen molar-refractivity contribution in [2.45, 2.75) is 64.8 Å². The second kappa shape index (κ2) is 8.48. The molecule has 1 aliphatic carbocycles. The zero-order valence-corrected chi connectivity index (χ0v) is 15.8. The highest BCUT2D eigenvalue weighted by Gasteiger charge is 2.31. The number of hydrogen-bond donors (Lipinski definition) is 1. The number of nitrogens with zero attached hydrogens (tertiary/aromatic N) is 3. The van der Waals surface area contributed by atoms with Crippen molar-refractivity contribution in [2.75, 3.05) is 30.3 Å². The van der Waals surface area contributed by atoms with Gasteiger partial charge in [0.1, 0.15) is 17.5 Å². The molecular formula is C20H30N4O2. The van der Waals surface area contributed by atoms with Crippen molar-refractivity contribution in [3.05, 3.63) is 11.3 Å². The first-order chi connectivity index (χ1) is 12.7. The van der Waals surface area contributed by atoms with Gasteiger partial charge in [0, 0.05) is 19.6 Å². The molecule has 2 aliphatic rings. The quantitative estimate of drug-likeness (QED) is 0.812. The Bertz CT molecular complexity index is 677. The van der Waals surface area contributed by atoms with E-state index in [1.807, 2.05) is 4.57 Å². The molecule has 26 heavy (non-hydrogen) atoms. The van der Waals surface area contributed by atoms with Crippen molar-refractivity contribution >= 4 is 17.5 Å². The number of aromatic nitrogens is 1. The fraction of sp³-hybridized carbons (Fsp3) is 0.700. The molecule has 142 valence electrons. The highest BCUT2D eigenvalue weighted by molar-refractivity contribution is 5.97. The molecule has 2 fully saturated rings. The van der Waals surface area contributed by atoms with Crippen LogP contribution >= 0.6 is 0 Å². The number of carbonyl (C=O) groups excluding carboxylic acids is 1. The molecule has 0 aromatic carbocycles. The number of nitrogen functional groups attached to an aromatic ring is 1. The number of hydrogen-bond acceptors (Lipinski definition) is 5. The van der Waals surface area contributed by atoms with Gasteiger partial charge in [0.05, 0.1) is 12.3 Å². The zero-order valence-electron chi connectivity index (χ0n) is 15.8. The van der Waals surface area contributed by atoms with Crippen LogP contribution in [-0.2, 0) is 11.3 Å². The molecule has 1 saturated heterocycles. The second-order valence-corrected chi connectivity index (χ2v) is 7.46. The van der Waals surface area contributed by atoms with Crippen LogP contribution in [0.2, 0.25) is 0 Å². The topological polar surface area (TPSA) is 84.3 Å². The predicted molar refractivity (Wildman–Crippen MR) is 102 cm³/mol. The van der Waals surface area contributed by atoms with Gasteiger partial charge < -0.3 is 19.9 Å². The van der Waals surface area contributed by atoms with Crippen LogP contribution in [-0.4, -0.2) is 30.2 Å². The largest absolute Gasteiger partial charge is 0.461 e. The molecule has 6 heteroatoms. The lowest BCUT2D eigenvalue weighted by atomic mass is 9.89. The van der Waals surface area contributed by atoms with Crippen molar-refractivity contribution in [1.29, 1.82) is 5.26 Å². The number of esters is 1. The van der Waals surface area contributed by atoms with Crippen molar-refractivity contribution in [3.8, 4) is 6.07 Å². The molecule has 6 nitrogen and oxygen atoms in total. The fourth-order valence-corrected chi connectivity index (χ4v) is 4.40. The number of piperidine rings is 1. The average molecular weight is 358 g/mol. The Kier molecular flexibility index (Phi) is 6.08. The monoisotopic (exact) mass is 358 g/mol. The van der Waals surface area contributed by atoms with Crippen LogP contribution < -0.4 is 10.6 Å². The van der Waals surface area contributed by atoms with E-state index >= 15 is 0 Å². The van der Waals surface area contributed by atoms with E-state index in [2.05, 4.69) is 11.0 Å². The normalized spacial score (nSPS) is 18.5. The van der Waals surface area contributed by atoms with Crippen LogP contribution in [0.3, 0.4) is 0 Å². The molecule has 2 N–H and O–H groups in total. The third-order valence-electron chi connectivity index (χ3n) is 5.68. The third-order valence-corrected chi connectivity index (χ3v) is 5.68. The molecule has 1 aromatic heterocycles. The van der Waals surface area contributed by atoms with E-state index in [4.69, 9.17) is 10.5 Å². The molecular weight excluding hydrogens is 328 g/mol. The van der Waals surface area contributed by atoms with Gasteiger partial charge >= 0.3 is 5.97 Å². The summed E-state index contributed by atoms with van der Waals surface area (Å²) < 4.78 is 7.28. The van der Waals surface area contributed by atoms with Gasteiger partial charge in [-0.2, -0.15) is 5.26 Å². The first kappa shape index (κ1) is 18.6. The first-order valence-electron chi connectivity index (χ1n) is 10.0. The number of nitrogens with two attached hydrogens (primary N) is 1. The maximum absolute atomic E-state index is 12.6. The highest BCUT2D eigenvalue weighted by atomic mass is 16.5. The maximum Gasteiger partial charge on any atom is 0.357 e. The number of ether oxygens (including phenoxy) is 1. The zero-order chi connectivity index (χ0) is 18.5. The van der Waals surface area contributed by atoms with Gasteiger partial charge in [-0.25, -0.2) is 4.79 Å². The summed E-state index contributed by atoms with van der Waals surface area (Å²) in [7, 11) is 0. The SMILES string of the molecule is CCOC(=O)c1c(N)c(C#N)c(N2CCCCC2)n1CC1CCCCC1. The highest BCUT2D eigenvalue weighted by Crippen LogP contribution is 2.37. The van der Waals surface area contributed by atoms with Gasteiger partial charge in [-0.3, -0.25) is 0 Å². The third kappa shape index (κ3) is 3.67. The van der Waals surface area contributed by atoms with E-state index in [0.717, 1.165) is 38.3 Å². The minimum absolute atomic E-state index is 0.280. The molecule has 2 heterocycles. The maximum atomic E-state index is 12.6. The van der Waals surface area contributed by atoms with E-state index in [0.29, 0.717) is 23.8 Å². The number of anilines is 2.